The second-order valence-electron chi connectivity index (χ2n) is 5.98. The number of aromatic amines is 1. The first-order valence-electron chi connectivity index (χ1n) is 8.28. The van der Waals surface area contributed by atoms with Gasteiger partial charge in [0.05, 0.1) is 0 Å². The van der Waals surface area contributed by atoms with Gasteiger partial charge in [-0.3, -0.25) is 4.99 Å². The number of guanidine groups is 1. The Labute approximate surface area is 133 Å². The number of aliphatic imine (C=N–C) groups is 1. The van der Waals surface area contributed by atoms with Crippen LogP contribution >= 0.6 is 0 Å². The number of nitrogens with one attached hydrogen (secondary N) is 3. The first-order chi connectivity index (χ1) is 10.7. The predicted molar refractivity (Wildman–Crippen MR) is 95.4 cm³/mol. The van der Waals surface area contributed by atoms with Gasteiger partial charge in [-0.25, -0.2) is 0 Å². The molecule has 4 nitrogen and oxygen atoms in total. The molecule has 0 amide bonds. The number of rotatable bonds is 7. The van der Waals surface area contributed by atoms with Crippen molar-refractivity contribution in [1.29, 1.82) is 0 Å². The van der Waals surface area contributed by atoms with Crippen LogP contribution in [0.25, 0.3) is 10.9 Å². The molecule has 4 heteroatoms. The van der Waals surface area contributed by atoms with Gasteiger partial charge in [0.1, 0.15) is 0 Å². The van der Waals surface area contributed by atoms with Crippen molar-refractivity contribution in [3.8, 4) is 0 Å². The molecule has 0 spiro atoms. The summed E-state index contributed by atoms with van der Waals surface area (Å²) in [7, 11) is 0. The number of H-pyrrole nitrogens is 1. The molecule has 0 bridgehead atoms. The molecule has 120 valence electrons. The summed E-state index contributed by atoms with van der Waals surface area (Å²) < 4.78 is 0. The Morgan fingerprint density at radius 3 is 2.82 bits per heavy atom. The van der Waals surface area contributed by atoms with Gasteiger partial charge in [0, 0.05) is 36.7 Å². The minimum Gasteiger partial charge on any atom is -0.361 e. The van der Waals surface area contributed by atoms with Crippen molar-refractivity contribution in [2.45, 2.75) is 33.6 Å². The highest BCUT2D eigenvalue weighted by Crippen LogP contribution is 2.17. The van der Waals surface area contributed by atoms with E-state index in [9.17, 15) is 0 Å². The Morgan fingerprint density at radius 1 is 1.23 bits per heavy atom. The van der Waals surface area contributed by atoms with Crippen LogP contribution in [0.1, 0.15) is 32.8 Å². The minimum absolute atomic E-state index is 0.692. The van der Waals surface area contributed by atoms with Crippen molar-refractivity contribution < 1.29 is 0 Å². The van der Waals surface area contributed by atoms with Crippen LogP contribution in [0.4, 0.5) is 0 Å². The van der Waals surface area contributed by atoms with Crippen LogP contribution < -0.4 is 10.6 Å². The van der Waals surface area contributed by atoms with E-state index >= 15 is 0 Å². The van der Waals surface area contributed by atoms with Crippen LogP contribution in [-0.2, 0) is 6.42 Å². The Morgan fingerprint density at radius 2 is 2.05 bits per heavy atom. The zero-order valence-electron chi connectivity index (χ0n) is 13.9. The van der Waals surface area contributed by atoms with Gasteiger partial charge in [0.25, 0.3) is 0 Å². The molecular formula is C18H28N4. The van der Waals surface area contributed by atoms with Gasteiger partial charge in [-0.15, -0.1) is 0 Å². The van der Waals surface area contributed by atoms with Crippen LogP contribution in [0.5, 0.6) is 0 Å². The largest absolute Gasteiger partial charge is 0.361 e. The van der Waals surface area contributed by atoms with Gasteiger partial charge >= 0.3 is 0 Å². The predicted octanol–water partition coefficient (Wildman–Crippen LogP) is 3.31. The molecule has 0 saturated heterocycles. The zero-order valence-corrected chi connectivity index (χ0v) is 13.9. The van der Waals surface area contributed by atoms with E-state index < -0.39 is 0 Å². The first kappa shape index (κ1) is 16.4. The molecule has 2 rings (SSSR count). The lowest BCUT2D eigenvalue weighted by atomic mass is 10.1. The number of fused-ring (bicyclic) bond motifs is 1. The highest BCUT2D eigenvalue weighted by Gasteiger charge is 2.03. The molecule has 1 aromatic carbocycles. The Bertz CT molecular complexity index is 598. The summed E-state index contributed by atoms with van der Waals surface area (Å²) in [6, 6.07) is 8.43. The highest BCUT2D eigenvalue weighted by molar-refractivity contribution is 5.83. The molecule has 0 aliphatic carbocycles. The molecule has 1 aromatic heterocycles. The molecular weight excluding hydrogens is 272 g/mol. The lowest BCUT2D eigenvalue weighted by molar-refractivity contribution is 0.594. The fourth-order valence-corrected chi connectivity index (χ4v) is 2.43. The van der Waals surface area contributed by atoms with E-state index in [-0.39, 0.29) is 0 Å². The maximum Gasteiger partial charge on any atom is 0.191 e. The summed E-state index contributed by atoms with van der Waals surface area (Å²) >= 11 is 0. The minimum atomic E-state index is 0.692. The average Bonchev–Trinajstić information content (AvgIpc) is 2.90. The summed E-state index contributed by atoms with van der Waals surface area (Å²) in [6.07, 6.45) is 4.22. The van der Waals surface area contributed by atoms with Crippen molar-refractivity contribution in [2.75, 3.05) is 19.6 Å². The highest BCUT2D eigenvalue weighted by atomic mass is 15.2. The van der Waals surface area contributed by atoms with Gasteiger partial charge in [-0.2, -0.15) is 0 Å². The second kappa shape index (κ2) is 8.47. The third kappa shape index (κ3) is 4.79. The lowest BCUT2D eigenvalue weighted by Crippen LogP contribution is -2.38. The molecule has 22 heavy (non-hydrogen) atoms. The number of hydrogen-bond acceptors (Lipinski definition) is 1. The van der Waals surface area contributed by atoms with Crippen LogP contribution in [0, 0.1) is 5.92 Å². The van der Waals surface area contributed by atoms with Crippen molar-refractivity contribution in [3.63, 3.8) is 0 Å². The maximum atomic E-state index is 4.62. The number of benzene rings is 1. The molecule has 0 aliphatic heterocycles. The third-order valence-corrected chi connectivity index (χ3v) is 3.68. The maximum absolute atomic E-state index is 4.62. The topological polar surface area (TPSA) is 52.2 Å². The molecule has 0 radical (unpaired) electrons. The van der Waals surface area contributed by atoms with Gasteiger partial charge in [-0.05, 0) is 37.3 Å². The van der Waals surface area contributed by atoms with Gasteiger partial charge in [0.2, 0.25) is 0 Å². The van der Waals surface area contributed by atoms with Crippen LogP contribution in [0.3, 0.4) is 0 Å². The molecule has 0 aliphatic rings. The van der Waals surface area contributed by atoms with Crippen LogP contribution in [0.2, 0.25) is 0 Å². The van der Waals surface area contributed by atoms with Crippen molar-refractivity contribution in [3.05, 3.63) is 36.0 Å². The summed E-state index contributed by atoms with van der Waals surface area (Å²) in [4.78, 5) is 7.95. The normalized spacial score (nSPS) is 12.1. The van der Waals surface area contributed by atoms with Crippen molar-refractivity contribution in [1.82, 2.24) is 15.6 Å². The summed E-state index contributed by atoms with van der Waals surface area (Å²) in [5.41, 5.74) is 2.55. The zero-order chi connectivity index (χ0) is 15.8. The lowest BCUT2D eigenvalue weighted by Gasteiger charge is -2.11. The third-order valence-electron chi connectivity index (χ3n) is 3.68. The number of aromatic nitrogens is 1. The molecule has 2 aromatic rings. The van der Waals surface area contributed by atoms with E-state index in [0.717, 1.165) is 38.4 Å². The summed E-state index contributed by atoms with van der Waals surface area (Å²) in [5.74, 6) is 1.61. The van der Waals surface area contributed by atoms with E-state index in [0.29, 0.717) is 5.92 Å². The van der Waals surface area contributed by atoms with E-state index in [1.165, 1.54) is 16.5 Å². The van der Waals surface area contributed by atoms with Gasteiger partial charge in [0.15, 0.2) is 5.96 Å². The molecule has 0 saturated carbocycles. The molecule has 0 fully saturated rings. The van der Waals surface area contributed by atoms with Crippen LogP contribution in [0.15, 0.2) is 35.5 Å². The second-order valence-corrected chi connectivity index (χ2v) is 5.98. The van der Waals surface area contributed by atoms with Gasteiger partial charge in [-0.1, -0.05) is 32.0 Å². The molecule has 0 atom stereocenters. The standard InChI is InChI=1S/C18H28N4/c1-4-19-18(20-11-9-14(2)3)21-12-10-15-13-22-17-8-6-5-7-16(15)17/h5-8,13-14,22H,4,9-12H2,1-3H3,(H2,19,20,21). The summed E-state index contributed by atoms with van der Waals surface area (Å²) in [5, 5.41) is 8.04. The number of nitrogens with zero attached hydrogens (tertiary/aromatic N) is 1. The Kier molecular flexibility index (Phi) is 6.31. The molecule has 3 N–H and O–H groups in total. The molecule has 1 heterocycles. The Hall–Kier alpha value is -1.97. The number of hydrogen-bond donors (Lipinski definition) is 3. The van der Waals surface area contributed by atoms with E-state index in [1.807, 2.05) is 0 Å². The van der Waals surface area contributed by atoms with Gasteiger partial charge < -0.3 is 15.6 Å². The monoisotopic (exact) mass is 300 g/mol. The fraction of sp³-hybridized carbons (Fsp3) is 0.500. The molecule has 0 unspecified atom stereocenters. The smallest absolute Gasteiger partial charge is 0.191 e. The quantitative estimate of drug-likeness (QED) is 0.543. The average molecular weight is 300 g/mol. The van der Waals surface area contributed by atoms with Crippen molar-refractivity contribution >= 4 is 16.9 Å². The SMILES string of the molecule is CCNC(=NCCC(C)C)NCCc1c[nH]c2ccccc12. The first-order valence-corrected chi connectivity index (χ1v) is 8.28. The Balaban J connectivity index is 1.87. The van der Waals surface area contributed by atoms with Crippen molar-refractivity contribution in [2.24, 2.45) is 10.9 Å². The summed E-state index contributed by atoms with van der Waals surface area (Å²) in [6.45, 7) is 9.20. The van der Waals surface area contributed by atoms with E-state index in [4.69, 9.17) is 0 Å². The van der Waals surface area contributed by atoms with E-state index in [1.54, 1.807) is 0 Å². The number of para-hydroxylation sites is 1. The van der Waals surface area contributed by atoms with E-state index in [2.05, 4.69) is 71.8 Å². The van der Waals surface area contributed by atoms with Crippen LogP contribution in [-0.4, -0.2) is 30.6 Å². The fourth-order valence-electron chi connectivity index (χ4n) is 2.43.